The van der Waals surface area contributed by atoms with E-state index in [-0.39, 0.29) is 12.3 Å². The zero-order valence-electron chi connectivity index (χ0n) is 17.9. The molecule has 0 aliphatic carbocycles. The molecule has 2 bridgehead atoms. The summed E-state index contributed by atoms with van der Waals surface area (Å²) in [5, 5.41) is 30.3. The molecule has 5 aromatic rings. The van der Waals surface area contributed by atoms with Crippen molar-refractivity contribution in [3.8, 4) is 0 Å². The zero-order valence-corrected chi connectivity index (χ0v) is 17.9. The summed E-state index contributed by atoms with van der Waals surface area (Å²) in [6.07, 6.45) is -1.97. The minimum Gasteiger partial charge on any atom is -0.385 e. The molecule has 1 saturated heterocycles. The number of aromatic nitrogens is 2. The predicted octanol–water partition coefficient (Wildman–Crippen LogP) is 3.47. The molecule has 0 spiro atoms. The molecule has 4 unspecified atom stereocenters. The van der Waals surface area contributed by atoms with Gasteiger partial charge in [-0.15, -0.1) is 0 Å². The molecule has 7 nitrogen and oxygen atoms in total. The first kappa shape index (κ1) is 18.1. The van der Waals surface area contributed by atoms with Crippen LogP contribution in [0.4, 0.5) is 0 Å². The lowest BCUT2D eigenvalue weighted by atomic mass is 9.93. The highest BCUT2D eigenvalue weighted by atomic mass is 16.5. The van der Waals surface area contributed by atoms with Crippen LogP contribution in [0.1, 0.15) is 35.5 Å². The van der Waals surface area contributed by atoms with Crippen LogP contribution < -0.4 is 5.32 Å². The Morgan fingerprint density at radius 3 is 2.52 bits per heavy atom. The molecule has 7 heteroatoms. The van der Waals surface area contributed by atoms with Gasteiger partial charge in [-0.2, -0.15) is 0 Å². The van der Waals surface area contributed by atoms with Gasteiger partial charge in [-0.3, -0.25) is 4.79 Å². The van der Waals surface area contributed by atoms with Crippen molar-refractivity contribution in [2.75, 3.05) is 0 Å². The van der Waals surface area contributed by atoms with Crippen LogP contribution in [0.2, 0.25) is 0 Å². The molecule has 3 aliphatic heterocycles. The average molecular weight is 439 g/mol. The maximum absolute atomic E-state index is 13.2. The lowest BCUT2D eigenvalue weighted by Gasteiger charge is -2.44. The third kappa shape index (κ3) is 1.85. The summed E-state index contributed by atoms with van der Waals surface area (Å²) in [5.74, 6) is -0.0770. The summed E-state index contributed by atoms with van der Waals surface area (Å²) in [6, 6.07) is 16.0. The third-order valence-electron chi connectivity index (χ3n) is 7.96. The van der Waals surface area contributed by atoms with Gasteiger partial charge in [0.2, 0.25) is 0 Å². The van der Waals surface area contributed by atoms with E-state index in [2.05, 4.69) is 9.88 Å². The van der Waals surface area contributed by atoms with E-state index >= 15 is 0 Å². The van der Waals surface area contributed by atoms with E-state index < -0.39 is 24.2 Å². The van der Waals surface area contributed by atoms with Crippen LogP contribution in [-0.4, -0.2) is 37.5 Å². The molecular formula is C26H21N3O4. The molecule has 4 atom stereocenters. The van der Waals surface area contributed by atoms with Crippen LogP contribution in [0.3, 0.4) is 0 Å². The Morgan fingerprint density at radius 2 is 1.73 bits per heavy atom. The maximum Gasteiger partial charge on any atom is 0.252 e. The van der Waals surface area contributed by atoms with Gasteiger partial charge in [0.25, 0.3) is 5.91 Å². The Balaban J connectivity index is 1.77. The molecule has 0 radical (unpaired) electrons. The standard InChI is InChI=1S/C26H21N3O4/c1-12-24(30)26(32)10-18(33-12)28-16-8-4-2-6-13(16)20-21-15(11-27-25(21)31)19-14-7-3-5-9-17(14)29(26)23(19)22(20)28/h2-9,12,18,24,30,32H,10-11H2,1H3,(H,27,31). The van der Waals surface area contributed by atoms with Crippen LogP contribution in [0.25, 0.3) is 43.6 Å². The number of hydrogen-bond acceptors (Lipinski definition) is 4. The van der Waals surface area contributed by atoms with Crippen LogP contribution >= 0.6 is 0 Å². The van der Waals surface area contributed by atoms with Gasteiger partial charge in [0.15, 0.2) is 5.72 Å². The number of aliphatic hydroxyl groups excluding tert-OH is 1. The van der Waals surface area contributed by atoms with E-state index in [0.29, 0.717) is 12.1 Å². The number of hydrogen-bond donors (Lipinski definition) is 3. The van der Waals surface area contributed by atoms with E-state index in [1.54, 1.807) is 6.92 Å². The summed E-state index contributed by atoms with van der Waals surface area (Å²) in [5.41, 5.74) is 3.61. The van der Waals surface area contributed by atoms with Gasteiger partial charge < -0.3 is 29.4 Å². The topological polar surface area (TPSA) is 88.7 Å². The SMILES string of the molecule is CC1OC2CC(O)(C1O)n1c3ccccc3c3c4c(c5c6ccccc6n2c5c31)C(=O)NC4. The van der Waals surface area contributed by atoms with E-state index in [1.165, 1.54) is 0 Å². The summed E-state index contributed by atoms with van der Waals surface area (Å²) < 4.78 is 10.4. The fourth-order valence-corrected chi connectivity index (χ4v) is 6.68. The second-order valence-electron chi connectivity index (χ2n) is 9.55. The third-order valence-corrected chi connectivity index (χ3v) is 7.96. The second-order valence-corrected chi connectivity index (χ2v) is 9.55. The fourth-order valence-electron chi connectivity index (χ4n) is 6.68. The van der Waals surface area contributed by atoms with E-state index in [4.69, 9.17) is 4.74 Å². The first-order valence-electron chi connectivity index (χ1n) is 11.4. The van der Waals surface area contributed by atoms with Gasteiger partial charge in [-0.25, -0.2) is 0 Å². The largest absolute Gasteiger partial charge is 0.385 e. The Bertz CT molecular complexity index is 1710. The van der Waals surface area contributed by atoms with Gasteiger partial charge in [-0.1, -0.05) is 36.4 Å². The van der Waals surface area contributed by atoms with Crippen molar-refractivity contribution >= 4 is 49.5 Å². The Morgan fingerprint density at radius 1 is 1.03 bits per heavy atom. The first-order chi connectivity index (χ1) is 16.0. The maximum atomic E-state index is 13.2. The second kappa shape index (κ2) is 5.56. The van der Waals surface area contributed by atoms with Crippen LogP contribution in [0, 0.1) is 0 Å². The number of fused-ring (bicyclic) bond motifs is 13. The molecule has 1 fully saturated rings. The fraction of sp³-hybridized carbons (Fsp3) is 0.269. The number of amides is 1. The predicted molar refractivity (Wildman–Crippen MR) is 124 cm³/mol. The zero-order chi connectivity index (χ0) is 22.2. The van der Waals surface area contributed by atoms with Crippen LogP contribution in [0.15, 0.2) is 48.5 Å². The normalized spacial score (nSPS) is 28.2. The monoisotopic (exact) mass is 439 g/mol. The van der Waals surface area contributed by atoms with Gasteiger partial charge in [0, 0.05) is 34.5 Å². The summed E-state index contributed by atoms with van der Waals surface area (Å²) >= 11 is 0. The van der Waals surface area contributed by atoms with Gasteiger partial charge in [0.05, 0.1) is 33.7 Å². The number of nitrogens with one attached hydrogen (secondary N) is 1. The van der Waals surface area contributed by atoms with Crippen molar-refractivity contribution < 1.29 is 19.7 Å². The number of carbonyl (C=O) groups is 1. The molecule has 0 saturated carbocycles. The summed E-state index contributed by atoms with van der Waals surface area (Å²) in [6.45, 7) is 2.24. The van der Waals surface area contributed by atoms with E-state index in [9.17, 15) is 15.0 Å². The molecule has 3 aliphatic rings. The van der Waals surface area contributed by atoms with Crippen molar-refractivity contribution in [2.24, 2.45) is 0 Å². The molecular weight excluding hydrogens is 418 g/mol. The molecule has 164 valence electrons. The van der Waals surface area contributed by atoms with E-state index in [1.807, 2.05) is 53.1 Å². The van der Waals surface area contributed by atoms with Crippen LogP contribution in [-0.2, 0) is 17.0 Å². The number of carbonyl (C=O) groups excluding carboxylic acids is 1. The molecule has 2 aromatic heterocycles. The first-order valence-corrected chi connectivity index (χ1v) is 11.4. The quantitative estimate of drug-likeness (QED) is 0.345. The number of aliphatic hydroxyl groups is 2. The smallest absolute Gasteiger partial charge is 0.252 e. The average Bonchev–Trinajstić information content (AvgIpc) is 3.45. The van der Waals surface area contributed by atoms with Gasteiger partial charge in [0.1, 0.15) is 12.3 Å². The van der Waals surface area contributed by atoms with Crippen molar-refractivity contribution in [1.29, 1.82) is 0 Å². The van der Waals surface area contributed by atoms with Crippen molar-refractivity contribution in [3.05, 3.63) is 59.7 Å². The van der Waals surface area contributed by atoms with Gasteiger partial charge >= 0.3 is 0 Å². The minimum absolute atomic E-state index is 0.0770. The highest BCUT2D eigenvalue weighted by Gasteiger charge is 2.52. The number of nitrogens with zero attached hydrogens (tertiary/aromatic N) is 2. The minimum atomic E-state index is -1.55. The Labute approximate surface area is 187 Å². The molecule has 1 amide bonds. The Hall–Kier alpha value is -3.39. The lowest BCUT2D eigenvalue weighted by Crippen LogP contribution is -2.55. The molecule has 3 N–H and O–H groups in total. The van der Waals surface area contributed by atoms with Crippen molar-refractivity contribution in [2.45, 2.75) is 44.1 Å². The summed E-state index contributed by atoms with van der Waals surface area (Å²) in [7, 11) is 0. The Kier molecular flexibility index (Phi) is 3.05. The number of benzene rings is 3. The summed E-state index contributed by atoms with van der Waals surface area (Å²) in [4.78, 5) is 13.2. The molecule has 5 heterocycles. The molecule has 33 heavy (non-hydrogen) atoms. The van der Waals surface area contributed by atoms with E-state index in [0.717, 1.165) is 49.2 Å². The lowest BCUT2D eigenvalue weighted by molar-refractivity contribution is -0.257. The van der Waals surface area contributed by atoms with Crippen molar-refractivity contribution in [3.63, 3.8) is 0 Å². The number of rotatable bonds is 0. The highest BCUT2D eigenvalue weighted by molar-refractivity contribution is 6.31. The molecule has 8 rings (SSSR count). The number of ether oxygens (including phenoxy) is 1. The molecule has 3 aromatic carbocycles. The van der Waals surface area contributed by atoms with Crippen molar-refractivity contribution in [1.82, 2.24) is 14.5 Å². The van der Waals surface area contributed by atoms with Gasteiger partial charge in [-0.05, 0) is 24.6 Å². The number of para-hydroxylation sites is 2. The highest BCUT2D eigenvalue weighted by Crippen LogP contribution is 2.53. The van der Waals surface area contributed by atoms with Crippen LogP contribution in [0.5, 0.6) is 0 Å².